The molecule has 0 amide bonds. The second kappa shape index (κ2) is 4.24. The van der Waals surface area contributed by atoms with E-state index in [-0.39, 0.29) is 0 Å². The Morgan fingerprint density at radius 3 is 2.93 bits per heavy atom. The number of rotatable bonds is 2. The van der Waals surface area contributed by atoms with Crippen molar-refractivity contribution < 1.29 is 0 Å². The molecule has 0 saturated carbocycles. The lowest BCUT2D eigenvalue weighted by atomic mass is 10.1. The van der Waals surface area contributed by atoms with Gasteiger partial charge in [0.25, 0.3) is 0 Å². The molecule has 0 saturated heterocycles. The van der Waals surface area contributed by atoms with Crippen molar-refractivity contribution in [3.8, 4) is 10.6 Å². The third-order valence-electron chi connectivity index (χ3n) is 2.06. The van der Waals surface area contributed by atoms with Gasteiger partial charge in [-0.2, -0.15) is 0 Å². The Kier molecular flexibility index (Phi) is 2.99. The number of thiazole rings is 1. The van der Waals surface area contributed by atoms with Crippen LogP contribution in [0.25, 0.3) is 10.6 Å². The third kappa shape index (κ3) is 2.04. The van der Waals surface area contributed by atoms with Gasteiger partial charge in [-0.15, -0.1) is 11.3 Å². The van der Waals surface area contributed by atoms with Crippen LogP contribution in [0, 0.1) is 0 Å². The van der Waals surface area contributed by atoms with E-state index in [1.807, 2.05) is 5.38 Å². The van der Waals surface area contributed by atoms with Gasteiger partial charge in [-0.05, 0) is 34.0 Å². The van der Waals surface area contributed by atoms with E-state index in [4.69, 9.17) is 0 Å². The first kappa shape index (κ1) is 9.87. The van der Waals surface area contributed by atoms with Crippen LogP contribution in [0.2, 0.25) is 0 Å². The van der Waals surface area contributed by atoms with Crippen molar-refractivity contribution in [3.05, 3.63) is 39.8 Å². The molecule has 0 atom stereocenters. The van der Waals surface area contributed by atoms with E-state index < -0.39 is 0 Å². The summed E-state index contributed by atoms with van der Waals surface area (Å²) >= 11 is 5.03. The second-order valence-electron chi connectivity index (χ2n) is 3.03. The summed E-state index contributed by atoms with van der Waals surface area (Å²) in [7, 11) is 0. The maximum Gasteiger partial charge on any atom is 0.124 e. The highest BCUT2D eigenvalue weighted by molar-refractivity contribution is 9.10. The van der Waals surface area contributed by atoms with Crippen LogP contribution in [0.3, 0.4) is 0 Å². The molecule has 0 radical (unpaired) electrons. The van der Waals surface area contributed by atoms with E-state index >= 15 is 0 Å². The van der Waals surface area contributed by atoms with Crippen LogP contribution >= 0.6 is 27.3 Å². The van der Waals surface area contributed by atoms with Crippen molar-refractivity contribution in [1.82, 2.24) is 4.98 Å². The normalized spacial score (nSPS) is 10.4. The Morgan fingerprint density at radius 1 is 1.43 bits per heavy atom. The van der Waals surface area contributed by atoms with E-state index in [9.17, 15) is 0 Å². The minimum atomic E-state index is 0.916. The van der Waals surface area contributed by atoms with Crippen molar-refractivity contribution in [2.45, 2.75) is 13.3 Å². The molecule has 0 aliphatic carbocycles. The fourth-order valence-corrected chi connectivity index (χ4v) is 2.56. The van der Waals surface area contributed by atoms with E-state index in [1.54, 1.807) is 11.3 Å². The third-order valence-corrected chi connectivity index (χ3v) is 3.66. The molecule has 3 heteroatoms. The first-order valence-electron chi connectivity index (χ1n) is 4.50. The van der Waals surface area contributed by atoms with Gasteiger partial charge in [0.1, 0.15) is 9.61 Å². The van der Waals surface area contributed by atoms with Crippen LogP contribution in [0.15, 0.2) is 34.2 Å². The van der Waals surface area contributed by atoms with Crippen LogP contribution in [-0.4, -0.2) is 4.98 Å². The molecule has 1 aromatic heterocycles. The lowest BCUT2D eigenvalue weighted by Crippen LogP contribution is -1.81. The number of benzene rings is 1. The molecule has 2 rings (SSSR count). The number of halogens is 1. The van der Waals surface area contributed by atoms with Crippen LogP contribution < -0.4 is 0 Å². The highest BCUT2D eigenvalue weighted by Crippen LogP contribution is 2.26. The zero-order valence-electron chi connectivity index (χ0n) is 7.83. The summed E-state index contributed by atoms with van der Waals surface area (Å²) in [4.78, 5) is 4.39. The molecule has 1 nitrogen and oxygen atoms in total. The molecular weight excluding hydrogens is 258 g/mol. The van der Waals surface area contributed by atoms with E-state index in [1.165, 1.54) is 11.1 Å². The first-order chi connectivity index (χ1) is 6.79. The molecule has 1 aromatic carbocycles. The summed E-state index contributed by atoms with van der Waals surface area (Å²) in [5.41, 5.74) is 2.56. The SMILES string of the molecule is CCc1cccc(-c2nc(Br)cs2)c1. The lowest BCUT2D eigenvalue weighted by Gasteiger charge is -1.99. The average molecular weight is 268 g/mol. The predicted octanol–water partition coefficient (Wildman–Crippen LogP) is 4.14. The standard InChI is InChI=1S/C11H10BrNS/c1-2-8-4-3-5-9(6-8)11-13-10(12)7-14-11/h3-7H,2H2,1H3. The molecule has 72 valence electrons. The summed E-state index contributed by atoms with van der Waals surface area (Å²) < 4.78 is 0.916. The molecule has 0 aliphatic heterocycles. The maximum absolute atomic E-state index is 4.39. The van der Waals surface area contributed by atoms with Crippen molar-refractivity contribution >= 4 is 27.3 Å². The topological polar surface area (TPSA) is 12.9 Å². The maximum atomic E-state index is 4.39. The zero-order valence-corrected chi connectivity index (χ0v) is 10.2. The van der Waals surface area contributed by atoms with Gasteiger partial charge < -0.3 is 0 Å². The molecule has 0 bridgehead atoms. The summed E-state index contributed by atoms with van der Waals surface area (Å²) in [6.07, 6.45) is 1.07. The monoisotopic (exact) mass is 267 g/mol. The quantitative estimate of drug-likeness (QED) is 0.797. The highest BCUT2D eigenvalue weighted by Gasteiger charge is 2.02. The number of aromatic nitrogens is 1. The van der Waals surface area contributed by atoms with Crippen molar-refractivity contribution in [1.29, 1.82) is 0 Å². The number of nitrogens with zero attached hydrogens (tertiary/aromatic N) is 1. The number of hydrogen-bond donors (Lipinski definition) is 0. The van der Waals surface area contributed by atoms with Crippen LogP contribution in [0.5, 0.6) is 0 Å². The van der Waals surface area contributed by atoms with E-state index in [0.29, 0.717) is 0 Å². The summed E-state index contributed by atoms with van der Waals surface area (Å²) in [6.45, 7) is 2.16. The first-order valence-corrected chi connectivity index (χ1v) is 6.17. The Bertz CT molecular complexity index is 436. The minimum absolute atomic E-state index is 0.916. The molecule has 0 fully saturated rings. The fraction of sp³-hybridized carbons (Fsp3) is 0.182. The molecule has 1 heterocycles. The van der Waals surface area contributed by atoms with Gasteiger partial charge >= 0.3 is 0 Å². The average Bonchev–Trinajstić information content (AvgIpc) is 2.65. The Balaban J connectivity index is 2.41. The largest absolute Gasteiger partial charge is 0.229 e. The molecule has 14 heavy (non-hydrogen) atoms. The van der Waals surface area contributed by atoms with Gasteiger partial charge in [0.2, 0.25) is 0 Å². The Morgan fingerprint density at radius 2 is 2.29 bits per heavy atom. The highest BCUT2D eigenvalue weighted by atomic mass is 79.9. The van der Waals surface area contributed by atoms with Crippen LogP contribution in [-0.2, 0) is 6.42 Å². The summed E-state index contributed by atoms with van der Waals surface area (Å²) in [5, 5.41) is 3.08. The molecule has 0 unspecified atom stereocenters. The second-order valence-corrected chi connectivity index (χ2v) is 4.70. The van der Waals surface area contributed by atoms with E-state index in [2.05, 4.69) is 52.1 Å². The predicted molar refractivity (Wildman–Crippen MR) is 64.6 cm³/mol. The van der Waals surface area contributed by atoms with Crippen molar-refractivity contribution in [2.75, 3.05) is 0 Å². The van der Waals surface area contributed by atoms with Crippen molar-refractivity contribution in [3.63, 3.8) is 0 Å². The van der Waals surface area contributed by atoms with Crippen molar-refractivity contribution in [2.24, 2.45) is 0 Å². The lowest BCUT2D eigenvalue weighted by molar-refractivity contribution is 1.14. The molecular formula is C11H10BrNS. The zero-order chi connectivity index (χ0) is 9.97. The number of hydrogen-bond acceptors (Lipinski definition) is 2. The van der Waals surface area contributed by atoms with E-state index in [0.717, 1.165) is 16.0 Å². The Hall–Kier alpha value is -0.670. The van der Waals surface area contributed by atoms with Gasteiger partial charge in [0.05, 0.1) is 0 Å². The van der Waals surface area contributed by atoms with Crippen LogP contribution in [0.1, 0.15) is 12.5 Å². The van der Waals surface area contributed by atoms with Crippen LogP contribution in [0.4, 0.5) is 0 Å². The van der Waals surface area contributed by atoms with Gasteiger partial charge in [0, 0.05) is 10.9 Å². The smallest absolute Gasteiger partial charge is 0.124 e. The molecule has 0 spiro atoms. The molecule has 0 aliphatic rings. The van der Waals surface area contributed by atoms with Gasteiger partial charge in [-0.1, -0.05) is 25.1 Å². The van der Waals surface area contributed by atoms with Gasteiger partial charge in [-0.3, -0.25) is 0 Å². The summed E-state index contributed by atoms with van der Waals surface area (Å²) in [5.74, 6) is 0. The van der Waals surface area contributed by atoms with Gasteiger partial charge in [0.15, 0.2) is 0 Å². The van der Waals surface area contributed by atoms with Gasteiger partial charge in [-0.25, -0.2) is 4.98 Å². The molecule has 2 aromatic rings. The minimum Gasteiger partial charge on any atom is -0.229 e. The fourth-order valence-electron chi connectivity index (χ4n) is 1.31. The Labute approximate surface area is 95.9 Å². The number of aryl methyl sites for hydroxylation is 1. The summed E-state index contributed by atoms with van der Waals surface area (Å²) in [6, 6.07) is 8.53. The molecule has 0 N–H and O–H groups in total.